The highest BCUT2D eigenvalue weighted by Gasteiger charge is 2.49. The van der Waals surface area contributed by atoms with Crippen LogP contribution in [-0.2, 0) is 4.79 Å². The van der Waals surface area contributed by atoms with Crippen molar-refractivity contribution in [3.05, 3.63) is 35.8 Å². The molecule has 1 saturated carbocycles. The van der Waals surface area contributed by atoms with Gasteiger partial charge < -0.3 is 9.88 Å². The molecule has 3 rings (SSSR count). The van der Waals surface area contributed by atoms with Crippen molar-refractivity contribution in [1.82, 2.24) is 9.88 Å². The van der Waals surface area contributed by atoms with Crippen LogP contribution in [0.1, 0.15) is 16.8 Å². The third-order valence-electron chi connectivity index (χ3n) is 3.79. The molecule has 5 heteroatoms. The molecule has 1 aromatic carbocycles. The third kappa shape index (κ3) is 1.99. The monoisotopic (exact) mass is 274 g/mol. The van der Waals surface area contributed by atoms with Crippen molar-refractivity contribution in [2.75, 3.05) is 14.1 Å². The Morgan fingerprint density at radius 2 is 2.05 bits per heavy atom. The highest BCUT2D eigenvalue weighted by Crippen LogP contribution is 2.43. The van der Waals surface area contributed by atoms with Gasteiger partial charge in [0.05, 0.1) is 0 Å². The van der Waals surface area contributed by atoms with E-state index < -0.39 is 0 Å². The molecule has 0 bridgehead atoms. The maximum atomic E-state index is 13.3. The van der Waals surface area contributed by atoms with Crippen LogP contribution in [0.2, 0.25) is 0 Å². The molecule has 104 valence electrons. The maximum absolute atomic E-state index is 13.3. The Morgan fingerprint density at radius 1 is 1.30 bits per heavy atom. The minimum atomic E-state index is -0.372. The average molecular weight is 274 g/mol. The number of aromatic amines is 1. The molecule has 1 aliphatic rings. The third-order valence-corrected chi connectivity index (χ3v) is 3.79. The zero-order valence-electron chi connectivity index (χ0n) is 11.3. The summed E-state index contributed by atoms with van der Waals surface area (Å²) in [6, 6.07) is 4.31. The molecule has 1 fully saturated rings. The fourth-order valence-electron chi connectivity index (χ4n) is 2.59. The van der Waals surface area contributed by atoms with Crippen LogP contribution in [0.15, 0.2) is 24.4 Å². The Labute approximate surface area is 115 Å². The van der Waals surface area contributed by atoms with Gasteiger partial charge in [0, 0.05) is 48.6 Å². The predicted octanol–water partition coefficient (Wildman–Crippen LogP) is 2.21. The summed E-state index contributed by atoms with van der Waals surface area (Å²) in [5.41, 5.74) is 1.20. The topological polar surface area (TPSA) is 53.2 Å². The van der Waals surface area contributed by atoms with Gasteiger partial charge >= 0.3 is 0 Å². The summed E-state index contributed by atoms with van der Waals surface area (Å²) in [5, 5.41) is 0.581. The molecule has 1 aromatic heterocycles. The van der Waals surface area contributed by atoms with Crippen molar-refractivity contribution >= 4 is 22.6 Å². The average Bonchev–Trinajstić information content (AvgIpc) is 3.10. The Balaban J connectivity index is 1.88. The Bertz CT molecular complexity index is 705. The molecule has 2 unspecified atom stereocenters. The van der Waals surface area contributed by atoms with Gasteiger partial charge in [0.2, 0.25) is 5.91 Å². The largest absolute Gasteiger partial charge is 0.360 e. The van der Waals surface area contributed by atoms with Crippen molar-refractivity contribution in [1.29, 1.82) is 0 Å². The SMILES string of the molecule is CN(C)C(=O)C1CC1C(=O)c1c[nH]c2ccc(F)cc12. The number of nitrogens with one attached hydrogen (secondary N) is 1. The van der Waals surface area contributed by atoms with Gasteiger partial charge in [-0.3, -0.25) is 9.59 Å². The van der Waals surface area contributed by atoms with Gasteiger partial charge in [-0.05, 0) is 24.6 Å². The van der Waals surface area contributed by atoms with E-state index in [1.165, 1.54) is 17.0 Å². The zero-order chi connectivity index (χ0) is 14.4. The van der Waals surface area contributed by atoms with E-state index in [0.717, 1.165) is 5.52 Å². The first-order valence-corrected chi connectivity index (χ1v) is 6.51. The Hall–Kier alpha value is -2.17. The van der Waals surface area contributed by atoms with Gasteiger partial charge in [-0.1, -0.05) is 0 Å². The van der Waals surface area contributed by atoms with Crippen LogP contribution in [0.3, 0.4) is 0 Å². The molecular weight excluding hydrogens is 259 g/mol. The molecule has 1 amide bonds. The van der Waals surface area contributed by atoms with Crippen LogP contribution in [0, 0.1) is 17.7 Å². The van der Waals surface area contributed by atoms with Crippen molar-refractivity contribution < 1.29 is 14.0 Å². The number of nitrogens with zero attached hydrogens (tertiary/aromatic N) is 1. The summed E-state index contributed by atoms with van der Waals surface area (Å²) in [6.07, 6.45) is 2.18. The van der Waals surface area contributed by atoms with E-state index in [1.807, 2.05) is 0 Å². The molecule has 1 aliphatic carbocycles. The van der Waals surface area contributed by atoms with E-state index in [1.54, 1.807) is 26.4 Å². The fraction of sp³-hybridized carbons (Fsp3) is 0.333. The summed E-state index contributed by atoms with van der Waals surface area (Å²) in [6.45, 7) is 0. The van der Waals surface area contributed by atoms with Gasteiger partial charge in [0.15, 0.2) is 5.78 Å². The normalized spacial score (nSPS) is 20.9. The molecule has 0 spiro atoms. The summed E-state index contributed by atoms with van der Waals surface area (Å²) in [7, 11) is 3.37. The Morgan fingerprint density at radius 3 is 2.75 bits per heavy atom. The number of fused-ring (bicyclic) bond motifs is 1. The number of carbonyl (C=O) groups is 2. The number of Topliss-reactive ketones (excluding diaryl/α,β-unsaturated/α-hetero) is 1. The quantitative estimate of drug-likeness (QED) is 0.872. The van der Waals surface area contributed by atoms with Crippen molar-refractivity contribution in [3.63, 3.8) is 0 Å². The number of halogens is 1. The van der Waals surface area contributed by atoms with E-state index in [0.29, 0.717) is 17.4 Å². The lowest BCUT2D eigenvalue weighted by atomic mass is 10.0. The van der Waals surface area contributed by atoms with Crippen molar-refractivity contribution in [3.8, 4) is 0 Å². The number of rotatable bonds is 3. The smallest absolute Gasteiger partial charge is 0.225 e. The van der Waals surface area contributed by atoms with Crippen LogP contribution in [0.4, 0.5) is 4.39 Å². The second-order valence-electron chi connectivity index (χ2n) is 5.44. The van der Waals surface area contributed by atoms with Crippen LogP contribution >= 0.6 is 0 Å². The summed E-state index contributed by atoms with van der Waals surface area (Å²) >= 11 is 0. The number of hydrogen-bond donors (Lipinski definition) is 1. The first-order chi connectivity index (χ1) is 9.49. The van der Waals surface area contributed by atoms with Crippen LogP contribution in [-0.4, -0.2) is 35.7 Å². The van der Waals surface area contributed by atoms with Gasteiger partial charge in [-0.15, -0.1) is 0 Å². The molecule has 0 aliphatic heterocycles. The molecule has 0 saturated heterocycles. The lowest BCUT2D eigenvalue weighted by Crippen LogP contribution is -2.25. The number of aromatic nitrogens is 1. The predicted molar refractivity (Wildman–Crippen MR) is 72.9 cm³/mol. The van der Waals surface area contributed by atoms with Crippen molar-refractivity contribution in [2.45, 2.75) is 6.42 Å². The number of amides is 1. The molecule has 4 nitrogen and oxygen atoms in total. The molecule has 2 aromatic rings. The van der Waals surface area contributed by atoms with E-state index in [4.69, 9.17) is 0 Å². The van der Waals surface area contributed by atoms with Crippen molar-refractivity contribution in [2.24, 2.45) is 11.8 Å². The summed E-state index contributed by atoms with van der Waals surface area (Å²) in [4.78, 5) is 28.7. The van der Waals surface area contributed by atoms with Gasteiger partial charge in [0.1, 0.15) is 5.82 Å². The number of carbonyl (C=O) groups excluding carboxylic acids is 2. The van der Waals surface area contributed by atoms with Crippen LogP contribution in [0.5, 0.6) is 0 Å². The number of ketones is 1. The summed E-state index contributed by atoms with van der Waals surface area (Å²) in [5.74, 6) is -0.970. The lowest BCUT2D eigenvalue weighted by molar-refractivity contribution is -0.130. The highest BCUT2D eigenvalue weighted by atomic mass is 19.1. The molecule has 20 heavy (non-hydrogen) atoms. The fourth-order valence-corrected chi connectivity index (χ4v) is 2.59. The number of H-pyrrole nitrogens is 1. The van der Waals surface area contributed by atoms with Crippen LogP contribution in [0.25, 0.3) is 10.9 Å². The second kappa shape index (κ2) is 4.44. The minimum Gasteiger partial charge on any atom is -0.360 e. The van der Waals surface area contributed by atoms with Gasteiger partial charge in [-0.25, -0.2) is 4.39 Å². The minimum absolute atomic E-state index is 0.0191. The van der Waals surface area contributed by atoms with Crippen LogP contribution < -0.4 is 0 Å². The van der Waals surface area contributed by atoms with Gasteiger partial charge in [-0.2, -0.15) is 0 Å². The standard InChI is InChI=1S/C15H15FN2O2/c1-18(2)15(20)11-6-10(11)14(19)12-7-17-13-4-3-8(16)5-9(12)13/h3-5,7,10-11,17H,6H2,1-2H3. The molecular formula is C15H15FN2O2. The Kier molecular flexibility index (Phi) is 2.85. The van der Waals surface area contributed by atoms with E-state index in [2.05, 4.69) is 4.98 Å². The molecule has 1 N–H and O–H groups in total. The number of benzene rings is 1. The first-order valence-electron chi connectivity index (χ1n) is 6.51. The maximum Gasteiger partial charge on any atom is 0.225 e. The molecule has 2 atom stereocenters. The second-order valence-corrected chi connectivity index (χ2v) is 5.44. The number of hydrogen-bond acceptors (Lipinski definition) is 2. The van der Waals surface area contributed by atoms with E-state index in [9.17, 15) is 14.0 Å². The van der Waals surface area contributed by atoms with E-state index >= 15 is 0 Å². The van der Waals surface area contributed by atoms with Gasteiger partial charge in [0.25, 0.3) is 0 Å². The lowest BCUT2D eigenvalue weighted by Gasteiger charge is -2.09. The molecule has 1 heterocycles. The zero-order valence-corrected chi connectivity index (χ0v) is 11.3. The van der Waals surface area contributed by atoms with E-state index in [-0.39, 0.29) is 29.3 Å². The first kappa shape index (κ1) is 12.8. The summed E-state index contributed by atoms with van der Waals surface area (Å²) < 4.78 is 13.3. The highest BCUT2D eigenvalue weighted by molar-refractivity contribution is 6.11. The molecule has 0 radical (unpaired) electrons.